The standard InChI is InChI=1S/C20H18N3O4/c1-4-9-23-12(2)15(17(25)27-3)19-16(24)13-7-5-6-8-14(13)20(19,26)18(19,10-21)11-22/h5-8,23H,4,9H2,1-3H3/q-1/b15-12-. The van der Waals surface area contributed by atoms with Crippen LogP contribution in [-0.4, -0.2) is 25.4 Å². The largest absolute Gasteiger partial charge is 0.843 e. The van der Waals surface area contributed by atoms with Crippen molar-refractivity contribution in [2.75, 3.05) is 13.7 Å². The van der Waals surface area contributed by atoms with Gasteiger partial charge < -0.3 is 15.2 Å². The van der Waals surface area contributed by atoms with Gasteiger partial charge in [0.15, 0.2) is 11.2 Å². The third kappa shape index (κ3) is 1.77. The van der Waals surface area contributed by atoms with Crippen LogP contribution in [-0.2, 0) is 15.1 Å². The monoisotopic (exact) mass is 364 g/mol. The highest BCUT2D eigenvalue weighted by Gasteiger charge is 2.91. The molecular weight excluding hydrogens is 346 g/mol. The van der Waals surface area contributed by atoms with Crippen LogP contribution in [0.4, 0.5) is 0 Å². The first-order chi connectivity index (χ1) is 12.8. The van der Waals surface area contributed by atoms with E-state index < -0.39 is 28.2 Å². The van der Waals surface area contributed by atoms with Crippen LogP contribution in [0.3, 0.4) is 0 Å². The van der Waals surface area contributed by atoms with Crippen molar-refractivity contribution in [3.63, 3.8) is 0 Å². The van der Waals surface area contributed by atoms with Crippen molar-refractivity contribution in [3.05, 3.63) is 46.7 Å². The number of nitrogens with zero attached hydrogens (tertiary/aromatic N) is 2. The maximum Gasteiger partial charge on any atom is 0.336 e. The van der Waals surface area contributed by atoms with Gasteiger partial charge in [0.2, 0.25) is 0 Å². The molecule has 1 aromatic rings. The number of hydrogen-bond acceptors (Lipinski definition) is 7. The normalized spacial score (nSPS) is 27.4. The zero-order valence-electron chi connectivity index (χ0n) is 15.3. The van der Waals surface area contributed by atoms with Gasteiger partial charge >= 0.3 is 5.97 Å². The minimum atomic E-state index is -2.37. The number of esters is 1. The second-order valence-electron chi connectivity index (χ2n) is 6.70. The minimum Gasteiger partial charge on any atom is -0.843 e. The number of allylic oxidation sites excluding steroid dienone is 1. The highest BCUT2D eigenvalue weighted by molar-refractivity contribution is 6.19. The molecule has 1 N–H and O–H groups in total. The summed E-state index contributed by atoms with van der Waals surface area (Å²) in [5.74, 6) is -1.58. The first kappa shape index (κ1) is 18.6. The van der Waals surface area contributed by atoms with E-state index in [2.05, 4.69) is 5.32 Å². The van der Waals surface area contributed by atoms with Gasteiger partial charge in [-0.25, -0.2) is 4.79 Å². The average molecular weight is 364 g/mol. The molecule has 0 radical (unpaired) electrons. The molecule has 138 valence electrons. The summed E-state index contributed by atoms with van der Waals surface area (Å²) in [6, 6.07) is 9.63. The summed E-state index contributed by atoms with van der Waals surface area (Å²) < 4.78 is 4.85. The SMILES string of the molecule is CCCN/C(C)=C(/C(=O)OC)C12C(=O)c3ccccc3C1([O-])C2(C#N)C#N. The van der Waals surface area contributed by atoms with Gasteiger partial charge in [0.05, 0.1) is 30.2 Å². The fourth-order valence-corrected chi connectivity index (χ4v) is 4.38. The van der Waals surface area contributed by atoms with Crippen LogP contribution in [0.15, 0.2) is 35.5 Å². The van der Waals surface area contributed by atoms with E-state index in [1.54, 1.807) is 31.2 Å². The Kier molecular flexibility index (Phi) is 4.09. The van der Waals surface area contributed by atoms with Gasteiger partial charge in [0.1, 0.15) is 0 Å². The Morgan fingerprint density at radius 1 is 1.30 bits per heavy atom. The van der Waals surface area contributed by atoms with E-state index in [4.69, 9.17) is 4.74 Å². The average Bonchev–Trinajstić information content (AvgIpc) is 3.11. The molecule has 2 atom stereocenters. The molecule has 0 aromatic heterocycles. The number of rotatable bonds is 5. The molecule has 0 bridgehead atoms. The zero-order valence-corrected chi connectivity index (χ0v) is 15.3. The van der Waals surface area contributed by atoms with E-state index in [1.165, 1.54) is 12.1 Å². The maximum absolute atomic E-state index is 14.0. The van der Waals surface area contributed by atoms with Gasteiger partial charge in [-0.15, -0.1) is 0 Å². The molecule has 2 aliphatic carbocycles. The van der Waals surface area contributed by atoms with Crippen LogP contribution in [0, 0.1) is 33.5 Å². The number of ketones is 1. The molecule has 1 aromatic carbocycles. The number of nitrogens with one attached hydrogen (secondary N) is 1. The van der Waals surface area contributed by atoms with Crippen molar-refractivity contribution in [2.45, 2.75) is 25.9 Å². The van der Waals surface area contributed by atoms with Crippen molar-refractivity contribution >= 4 is 11.8 Å². The van der Waals surface area contributed by atoms with E-state index in [0.717, 1.165) is 13.5 Å². The number of benzene rings is 1. The minimum absolute atomic E-state index is 0.0720. The highest BCUT2D eigenvalue weighted by Crippen LogP contribution is 2.82. The van der Waals surface area contributed by atoms with Crippen molar-refractivity contribution in [2.24, 2.45) is 10.8 Å². The molecule has 2 aliphatic rings. The quantitative estimate of drug-likeness (QED) is 0.608. The lowest BCUT2D eigenvalue weighted by Gasteiger charge is -2.25. The molecule has 1 saturated carbocycles. The number of hydrogen-bond donors (Lipinski definition) is 1. The smallest absolute Gasteiger partial charge is 0.336 e. The number of methoxy groups -OCH3 is 1. The number of fused-ring (bicyclic) bond motifs is 3. The predicted octanol–water partition coefficient (Wildman–Crippen LogP) is 0.919. The van der Waals surface area contributed by atoms with E-state index in [-0.39, 0.29) is 22.4 Å². The van der Waals surface area contributed by atoms with Crippen LogP contribution < -0.4 is 10.4 Å². The Hall–Kier alpha value is -3.16. The molecule has 0 aliphatic heterocycles. The molecule has 7 nitrogen and oxygen atoms in total. The predicted molar refractivity (Wildman–Crippen MR) is 91.6 cm³/mol. The summed E-state index contributed by atoms with van der Waals surface area (Å²) >= 11 is 0. The second-order valence-corrected chi connectivity index (χ2v) is 6.70. The second kappa shape index (κ2) is 5.94. The van der Waals surface area contributed by atoms with Crippen LogP contribution in [0.2, 0.25) is 0 Å². The van der Waals surface area contributed by atoms with Crippen molar-refractivity contribution < 1.29 is 19.4 Å². The maximum atomic E-state index is 14.0. The molecule has 2 unspecified atom stereocenters. The summed E-state index contributed by atoms with van der Waals surface area (Å²) in [6.45, 7) is 3.95. The lowest BCUT2D eigenvalue weighted by Crippen LogP contribution is -2.36. The van der Waals surface area contributed by atoms with E-state index in [1.807, 2.05) is 6.92 Å². The van der Waals surface area contributed by atoms with E-state index in [0.29, 0.717) is 6.54 Å². The molecular formula is C20H18N3O4-. The molecule has 0 saturated heterocycles. The summed E-state index contributed by atoms with van der Waals surface area (Å²) in [6.07, 6.45) is 0.733. The fraction of sp³-hybridized carbons (Fsp3) is 0.400. The Labute approximate surface area is 156 Å². The van der Waals surface area contributed by atoms with E-state index in [9.17, 15) is 25.2 Å². The molecule has 1 fully saturated rings. The number of carbonyl (C=O) groups excluding carboxylic acids is 2. The lowest BCUT2D eigenvalue weighted by molar-refractivity contribution is -0.459. The summed E-state index contributed by atoms with van der Waals surface area (Å²) in [5, 5.41) is 36.5. The van der Waals surface area contributed by atoms with Crippen LogP contribution >= 0.6 is 0 Å². The van der Waals surface area contributed by atoms with Crippen LogP contribution in [0.1, 0.15) is 36.2 Å². The van der Waals surface area contributed by atoms with Crippen molar-refractivity contribution in [3.8, 4) is 12.1 Å². The van der Waals surface area contributed by atoms with E-state index >= 15 is 0 Å². The first-order valence-electron chi connectivity index (χ1n) is 8.56. The topological polar surface area (TPSA) is 126 Å². The summed E-state index contributed by atoms with van der Waals surface area (Å²) in [7, 11) is 1.13. The Bertz CT molecular complexity index is 954. The molecule has 27 heavy (non-hydrogen) atoms. The Morgan fingerprint density at radius 3 is 2.48 bits per heavy atom. The number of carbonyl (C=O) groups is 2. The molecule has 3 rings (SSSR count). The number of ether oxygens (including phenoxy) is 1. The third-order valence-electron chi connectivity index (χ3n) is 5.56. The highest BCUT2D eigenvalue weighted by atomic mass is 16.5. The van der Waals surface area contributed by atoms with Gasteiger partial charge in [-0.2, -0.15) is 10.5 Å². The zero-order chi connectivity index (χ0) is 20.0. The Balaban J connectivity index is 2.38. The number of Topliss-reactive ketones (excluding diaryl/α,β-unsaturated/α-hetero) is 1. The number of nitriles is 2. The third-order valence-corrected chi connectivity index (χ3v) is 5.56. The van der Waals surface area contributed by atoms with Gasteiger partial charge in [0.25, 0.3) is 0 Å². The van der Waals surface area contributed by atoms with Gasteiger partial charge in [0, 0.05) is 17.8 Å². The Morgan fingerprint density at radius 2 is 1.93 bits per heavy atom. The molecule has 7 heteroatoms. The van der Waals surface area contributed by atoms with Gasteiger partial charge in [-0.3, -0.25) is 4.79 Å². The van der Waals surface area contributed by atoms with Gasteiger partial charge in [-0.05, 0) is 24.5 Å². The molecule has 0 spiro atoms. The van der Waals surface area contributed by atoms with Gasteiger partial charge in [-0.1, -0.05) is 31.2 Å². The molecule has 0 amide bonds. The van der Waals surface area contributed by atoms with Crippen molar-refractivity contribution in [1.82, 2.24) is 5.32 Å². The van der Waals surface area contributed by atoms with Crippen LogP contribution in [0.5, 0.6) is 0 Å². The summed E-state index contributed by atoms with van der Waals surface area (Å²) in [4.78, 5) is 26.0. The first-order valence-corrected chi connectivity index (χ1v) is 8.56. The fourth-order valence-electron chi connectivity index (χ4n) is 4.38. The molecule has 0 heterocycles. The van der Waals surface area contributed by atoms with Crippen LogP contribution in [0.25, 0.3) is 0 Å². The lowest BCUT2D eigenvalue weighted by atomic mass is 9.80. The summed E-state index contributed by atoms with van der Waals surface area (Å²) in [5.41, 5.74) is -6.48. The van der Waals surface area contributed by atoms with Crippen molar-refractivity contribution in [1.29, 1.82) is 10.5 Å².